The van der Waals surface area contributed by atoms with Gasteiger partial charge in [0.2, 0.25) is 0 Å². The average Bonchev–Trinajstić information content (AvgIpc) is 3.66. The van der Waals surface area contributed by atoms with E-state index in [1.807, 2.05) is 36.5 Å². The summed E-state index contributed by atoms with van der Waals surface area (Å²) < 4.78 is 13.2. The van der Waals surface area contributed by atoms with Crippen molar-refractivity contribution < 1.29 is 19.4 Å². The summed E-state index contributed by atoms with van der Waals surface area (Å²) in [6.07, 6.45) is 11.2. The molecule has 1 aliphatic heterocycles. The van der Waals surface area contributed by atoms with Crippen molar-refractivity contribution in [3.8, 4) is 11.5 Å². The van der Waals surface area contributed by atoms with E-state index in [-0.39, 0.29) is 11.5 Å². The number of fused-ring (bicyclic) bond motifs is 3. The largest absolute Gasteiger partial charge is 0.493 e. The number of aryl methyl sites for hydroxylation is 1. The Bertz CT molecular complexity index is 1650. The smallest absolute Gasteiger partial charge is 0.329 e. The number of nitrogens with zero attached hydrogens (tertiary/aromatic N) is 2. The summed E-state index contributed by atoms with van der Waals surface area (Å²) in [5.74, 6) is 2.35. The number of hydrogen-bond donors (Lipinski definition) is 2. The van der Waals surface area contributed by atoms with Crippen LogP contribution >= 0.6 is 11.6 Å². The fourth-order valence-corrected chi connectivity index (χ4v) is 9.71. The first-order valence-corrected chi connectivity index (χ1v) is 19.0. The molecule has 7 rings (SSSR count). The van der Waals surface area contributed by atoms with Gasteiger partial charge in [-0.3, -0.25) is 9.88 Å². The van der Waals surface area contributed by atoms with Gasteiger partial charge in [-0.2, -0.15) is 0 Å². The number of likely N-dealkylation sites (N-methyl/N-ethyl adjacent to an activating group) is 1. The molecule has 49 heavy (non-hydrogen) atoms. The minimum Gasteiger partial charge on any atom is -0.493 e. The maximum Gasteiger partial charge on any atom is 0.329 e. The minimum atomic E-state index is -1.04. The number of aliphatic carboxylic acids is 1. The van der Waals surface area contributed by atoms with Crippen molar-refractivity contribution in [2.75, 3.05) is 31.6 Å². The van der Waals surface area contributed by atoms with Crippen molar-refractivity contribution in [3.63, 3.8) is 0 Å². The fourth-order valence-electron chi connectivity index (χ4n) is 9.52. The Morgan fingerprint density at radius 3 is 2.73 bits per heavy atom. The second-order valence-corrected chi connectivity index (χ2v) is 15.9. The van der Waals surface area contributed by atoms with Crippen molar-refractivity contribution in [2.45, 2.75) is 108 Å². The maximum absolute atomic E-state index is 13.0. The number of pyridine rings is 1. The lowest BCUT2D eigenvalue weighted by Crippen LogP contribution is -2.53. The van der Waals surface area contributed by atoms with Crippen molar-refractivity contribution >= 4 is 23.3 Å². The minimum absolute atomic E-state index is 0.118. The van der Waals surface area contributed by atoms with Gasteiger partial charge in [-0.15, -0.1) is 0 Å². The van der Waals surface area contributed by atoms with Gasteiger partial charge < -0.3 is 19.9 Å². The standard InChI is InChI=1S/C41H52ClN3O4/c1-4-45-20-14-34(25-45)49-33-12-11-29-22-30(21-27(2)26-48-37-13-19-43-36-10-5-7-28(3)38(36)37)40(35(29)24-33)15-17-41(18-16-40,39(46)47)44-32-9-6-8-31(42)23-32/h6,8-9,11-13,19,23-24,27-28,30,34,44H,4-5,7,10,14-18,20-22,25-26H2,1-3H3,(H,46,47)/t27-,28-,30?,34?,40?,41?/m1/s1. The second kappa shape index (κ2) is 14.1. The van der Waals surface area contributed by atoms with E-state index in [0.717, 1.165) is 75.3 Å². The molecule has 1 spiro atoms. The van der Waals surface area contributed by atoms with Gasteiger partial charge in [0.25, 0.3) is 0 Å². The lowest BCUT2D eigenvalue weighted by atomic mass is 9.59. The number of carboxylic acids is 1. The number of hydrogen-bond acceptors (Lipinski definition) is 6. The maximum atomic E-state index is 13.0. The highest BCUT2D eigenvalue weighted by Crippen LogP contribution is 2.57. The second-order valence-electron chi connectivity index (χ2n) is 15.4. The molecule has 262 valence electrons. The van der Waals surface area contributed by atoms with Crippen LogP contribution in [0, 0.1) is 11.8 Å². The third kappa shape index (κ3) is 6.90. The van der Waals surface area contributed by atoms with E-state index in [2.05, 4.69) is 54.2 Å². The first kappa shape index (κ1) is 34.2. The van der Waals surface area contributed by atoms with Crippen LogP contribution in [-0.4, -0.2) is 58.8 Å². The Morgan fingerprint density at radius 2 is 1.98 bits per heavy atom. The van der Waals surface area contributed by atoms with E-state index in [0.29, 0.717) is 42.2 Å². The van der Waals surface area contributed by atoms with Gasteiger partial charge in [-0.05, 0) is 141 Å². The molecule has 2 N–H and O–H groups in total. The molecule has 2 fully saturated rings. The molecular formula is C41H52ClN3O4. The lowest BCUT2D eigenvalue weighted by Gasteiger charge is -2.47. The third-order valence-corrected chi connectivity index (χ3v) is 12.5. The van der Waals surface area contributed by atoms with E-state index in [9.17, 15) is 9.90 Å². The summed E-state index contributed by atoms with van der Waals surface area (Å²) in [6.45, 7) is 10.6. The van der Waals surface area contributed by atoms with Gasteiger partial charge in [-0.25, -0.2) is 4.79 Å². The van der Waals surface area contributed by atoms with Crippen molar-refractivity contribution in [1.82, 2.24) is 9.88 Å². The zero-order chi connectivity index (χ0) is 34.2. The topological polar surface area (TPSA) is 83.9 Å². The van der Waals surface area contributed by atoms with Gasteiger partial charge in [-0.1, -0.05) is 44.5 Å². The van der Waals surface area contributed by atoms with Crippen LogP contribution in [-0.2, 0) is 23.1 Å². The van der Waals surface area contributed by atoms with E-state index in [1.54, 1.807) is 0 Å². The highest BCUT2D eigenvalue weighted by Gasteiger charge is 2.54. The summed E-state index contributed by atoms with van der Waals surface area (Å²) >= 11 is 6.29. The normalized spacial score (nSPS) is 28.5. The Hall–Kier alpha value is -3.29. The molecule has 0 radical (unpaired) electrons. The zero-order valence-corrected chi connectivity index (χ0v) is 30.1. The van der Waals surface area contributed by atoms with Gasteiger partial charge in [0.1, 0.15) is 23.1 Å². The molecule has 8 heteroatoms. The molecule has 4 aliphatic rings. The van der Waals surface area contributed by atoms with Crippen LogP contribution in [0.25, 0.3) is 0 Å². The van der Waals surface area contributed by atoms with Crippen LogP contribution in [0.2, 0.25) is 5.02 Å². The van der Waals surface area contributed by atoms with E-state index >= 15 is 0 Å². The van der Waals surface area contributed by atoms with Gasteiger partial charge in [0, 0.05) is 41.3 Å². The molecule has 3 aliphatic carbocycles. The van der Waals surface area contributed by atoms with Crippen LogP contribution in [0.3, 0.4) is 0 Å². The highest BCUT2D eigenvalue weighted by atomic mass is 35.5. The molecule has 2 unspecified atom stereocenters. The molecule has 4 atom stereocenters. The molecular weight excluding hydrogens is 634 g/mol. The molecule has 3 aromatic rings. The Balaban J connectivity index is 1.13. The van der Waals surface area contributed by atoms with Crippen LogP contribution in [0.1, 0.15) is 100 Å². The zero-order valence-electron chi connectivity index (χ0n) is 29.3. The predicted molar refractivity (Wildman–Crippen MR) is 195 cm³/mol. The molecule has 0 amide bonds. The predicted octanol–water partition coefficient (Wildman–Crippen LogP) is 8.67. The van der Waals surface area contributed by atoms with Crippen LogP contribution in [0.5, 0.6) is 11.5 Å². The number of anilines is 1. The summed E-state index contributed by atoms with van der Waals surface area (Å²) in [7, 11) is 0. The number of carboxylic acid groups (broad SMARTS) is 1. The first-order valence-electron chi connectivity index (χ1n) is 18.6. The Morgan fingerprint density at radius 1 is 1.14 bits per heavy atom. The van der Waals surface area contributed by atoms with Crippen molar-refractivity contribution in [3.05, 3.63) is 82.1 Å². The molecule has 1 aromatic heterocycles. The summed E-state index contributed by atoms with van der Waals surface area (Å²) in [4.78, 5) is 20.1. The quantitative estimate of drug-likeness (QED) is 0.209. The van der Waals surface area contributed by atoms with Gasteiger partial charge in [0.15, 0.2) is 0 Å². The molecule has 7 nitrogen and oxygen atoms in total. The first-order chi connectivity index (χ1) is 23.7. The van der Waals surface area contributed by atoms with E-state index < -0.39 is 11.5 Å². The Labute approximate surface area is 296 Å². The summed E-state index contributed by atoms with van der Waals surface area (Å²) in [5.41, 5.74) is 4.84. The average molecular weight is 686 g/mol. The number of aromatic nitrogens is 1. The summed E-state index contributed by atoms with van der Waals surface area (Å²) in [6, 6.07) is 16.2. The molecule has 1 saturated carbocycles. The van der Waals surface area contributed by atoms with Gasteiger partial charge >= 0.3 is 5.97 Å². The van der Waals surface area contributed by atoms with Gasteiger partial charge in [0.05, 0.1) is 6.61 Å². The number of carbonyl (C=O) groups is 1. The molecule has 2 aromatic carbocycles. The number of nitrogens with one attached hydrogen (secondary N) is 1. The van der Waals surface area contributed by atoms with Crippen molar-refractivity contribution in [2.24, 2.45) is 11.8 Å². The Kier molecular flexibility index (Phi) is 9.86. The summed E-state index contributed by atoms with van der Waals surface area (Å²) in [5, 5.41) is 14.7. The molecule has 2 heterocycles. The monoisotopic (exact) mass is 685 g/mol. The number of ether oxygens (including phenoxy) is 2. The van der Waals surface area contributed by atoms with E-state index in [4.69, 9.17) is 21.1 Å². The lowest BCUT2D eigenvalue weighted by molar-refractivity contribution is -0.144. The van der Waals surface area contributed by atoms with Crippen LogP contribution in [0.4, 0.5) is 5.69 Å². The van der Waals surface area contributed by atoms with Crippen LogP contribution in [0.15, 0.2) is 54.7 Å². The van der Waals surface area contributed by atoms with Crippen LogP contribution < -0.4 is 14.8 Å². The molecule has 0 bridgehead atoms. The SMILES string of the molecule is CCN1CCC(Oc2ccc3c(c2)C2(CCC(Nc4cccc(Cl)c4)(C(=O)O)CC2)C(C[C@@H](C)COc2ccnc4c2[C@H](C)CCC4)C3)C1. The number of halogens is 1. The third-order valence-electron chi connectivity index (χ3n) is 12.2. The molecule has 1 saturated heterocycles. The number of benzene rings is 2. The van der Waals surface area contributed by atoms with E-state index in [1.165, 1.54) is 35.2 Å². The number of likely N-dealkylation sites (tertiary alicyclic amines) is 1. The van der Waals surface area contributed by atoms with Crippen molar-refractivity contribution in [1.29, 1.82) is 0 Å². The highest BCUT2D eigenvalue weighted by molar-refractivity contribution is 6.30. The fraction of sp³-hybridized carbons (Fsp3) is 0.561. The number of rotatable bonds is 11.